The fraction of sp³-hybridized carbons (Fsp3) is 0.444. The molecule has 2 heterocycles. The Morgan fingerprint density at radius 2 is 2.29 bits per heavy atom. The van der Waals surface area contributed by atoms with E-state index in [9.17, 15) is 9.18 Å². The summed E-state index contributed by atoms with van der Waals surface area (Å²) in [6, 6.07) is 4.99. The number of nitrogens with one attached hydrogen (secondary N) is 1. The number of nitrogens with zero attached hydrogens (tertiary/aromatic N) is 3. The zero-order valence-corrected chi connectivity index (χ0v) is 14.1. The van der Waals surface area contributed by atoms with Crippen molar-refractivity contribution < 1.29 is 9.18 Å². The van der Waals surface area contributed by atoms with Crippen LogP contribution < -0.4 is 10.2 Å². The summed E-state index contributed by atoms with van der Waals surface area (Å²) in [5.41, 5.74) is 2.89. The molecule has 0 saturated carbocycles. The average molecular weight is 330 g/mol. The van der Waals surface area contributed by atoms with E-state index in [2.05, 4.69) is 15.3 Å². The van der Waals surface area contributed by atoms with Gasteiger partial charge in [-0.1, -0.05) is 0 Å². The van der Waals surface area contributed by atoms with Gasteiger partial charge in [0.05, 0.1) is 12.6 Å². The summed E-state index contributed by atoms with van der Waals surface area (Å²) in [4.78, 5) is 14.5. The van der Waals surface area contributed by atoms with Crippen LogP contribution in [-0.4, -0.2) is 34.8 Å². The third-order valence-electron chi connectivity index (χ3n) is 4.41. The van der Waals surface area contributed by atoms with E-state index < -0.39 is 0 Å². The normalized spacial score (nSPS) is 17.8. The molecule has 0 aliphatic carbocycles. The lowest BCUT2D eigenvalue weighted by Crippen LogP contribution is -2.48. The van der Waals surface area contributed by atoms with Crippen LogP contribution in [0.3, 0.4) is 0 Å². The number of amides is 1. The summed E-state index contributed by atoms with van der Waals surface area (Å²) < 4.78 is 15.0. The molecule has 1 aromatic carbocycles. The summed E-state index contributed by atoms with van der Waals surface area (Å²) in [5.74, 6) is -0.194. The lowest BCUT2D eigenvalue weighted by atomic mass is 10.0. The second-order valence-corrected chi connectivity index (χ2v) is 6.48. The van der Waals surface area contributed by atoms with Crippen LogP contribution in [0.25, 0.3) is 0 Å². The van der Waals surface area contributed by atoms with E-state index >= 15 is 0 Å². The van der Waals surface area contributed by atoms with Crippen molar-refractivity contribution in [3.05, 3.63) is 47.5 Å². The fourth-order valence-electron chi connectivity index (χ4n) is 3.31. The van der Waals surface area contributed by atoms with Gasteiger partial charge in [0.2, 0.25) is 5.91 Å². The van der Waals surface area contributed by atoms with Crippen LogP contribution in [0.5, 0.6) is 0 Å². The van der Waals surface area contributed by atoms with Gasteiger partial charge in [-0.2, -0.15) is 5.10 Å². The third-order valence-corrected chi connectivity index (χ3v) is 4.41. The molecule has 0 unspecified atom stereocenters. The Bertz CT molecular complexity index is 728. The lowest BCUT2D eigenvalue weighted by molar-refractivity contribution is -0.121. The average Bonchev–Trinajstić information content (AvgIpc) is 2.92. The quantitative estimate of drug-likeness (QED) is 0.935. The van der Waals surface area contributed by atoms with Gasteiger partial charge in [-0.05, 0) is 49.1 Å². The Labute approximate surface area is 141 Å². The molecule has 5 nitrogen and oxygen atoms in total. The minimum Gasteiger partial charge on any atom is -0.369 e. The van der Waals surface area contributed by atoms with Crippen molar-refractivity contribution in [1.82, 2.24) is 15.1 Å². The van der Waals surface area contributed by atoms with Crippen LogP contribution in [0.4, 0.5) is 10.1 Å². The summed E-state index contributed by atoms with van der Waals surface area (Å²) >= 11 is 0. The smallest absolute Gasteiger partial charge is 0.224 e. The van der Waals surface area contributed by atoms with E-state index in [-0.39, 0.29) is 17.8 Å². The maximum atomic E-state index is 13.3. The topological polar surface area (TPSA) is 50.2 Å². The molecule has 0 radical (unpaired) electrons. The highest BCUT2D eigenvalue weighted by atomic mass is 19.1. The molecular formula is C18H23FN4O. The van der Waals surface area contributed by atoms with Crippen molar-refractivity contribution in [1.29, 1.82) is 0 Å². The highest BCUT2D eigenvalue weighted by Gasteiger charge is 2.22. The Kier molecular flexibility index (Phi) is 4.83. The molecule has 1 atom stereocenters. The Morgan fingerprint density at radius 1 is 1.46 bits per heavy atom. The molecular weight excluding hydrogens is 307 g/mol. The fourth-order valence-corrected chi connectivity index (χ4v) is 3.31. The summed E-state index contributed by atoms with van der Waals surface area (Å²) in [6.07, 6.45) is 5.90. The van der Waals surface area contributed by atoms with Crippen LogP contribution in [0.2, 0.25) is 0 Å². The van der Waals surface area contributed by atoms with Crippen LogP contribution in [0, 0.1) is 12.7 Å². The van der Waals surface area contributed by atoms with Gasteiger partial charge in [-0.3, -0.25) is 9.48 Å². The number of hydrogen-bond acceptors (Lipinski definition) is 3. The second-order valence-electron chi connectivity index (χ2n) is 6.48. The maximum absolute atomic E-state index is 13.3. The zero-order chi connectivity index (χ0) is 17.1. The van der Waals surface area contributed by atoms with Gasteiger partial charge in [-0.25, -0.2) is 4.39 Å². The van der Waals surface area contributed by atoms with E-state index in [1.165, 1.54) is 6.07 Å². The zero-order valence-electron chi connectivity index (χ0n) is 14.1. The number of benzene rings is 1. The molecule has 1 fully saturated rings. The molecule has 3 rings (SSSR count). The van der Waals surface area contributed by atoms with Gasteiger partial charge in [0.1, 0.15) is 5.82 Å². The van der Waals surface area contributed by atoms with E-state index in [1.54, 1.807) is 16.9 Å². The van der Waals surface area contributed by atoms with Gasteiger partial charge in [0.15, 0.2) is 0 Å². The number of carbonyl (C=O) groups is 1. The molecule has 1 saturated heterocycles. The van der Waals surface area contributed by atoms with Crippen molar-refractivity contribution in [2.24, 2.45) is 7.05 Å². The molecule has 0 bridgehead atoms. The van der Waals surface area contributed by atoms with Gasteiger partial charge < -0.3 is 10.2 Å². The van der Waals surface area contributed by atoms with E-state index in [1.807, 2.05) is 26.2 Å². The molecule has 1 aliphatic heterocycles. The Balaban J connectivity index is 1.60. The second kappa shape index (κ2) is 7.03. The number of piperidine rings is 1. The number of aromatic nitrogens is 2. The number of anilines is 1. The number of rotatable bonds is 4. The Hall–Kier alpha value is -2.37. The van der Waals surface area contributed by atoms with Gasteiger partial charge in [0.25, 0.3) is 0 Å². The molecule has 2 aromatic rings. The highest BCUT2D eigenvalue weighted by Crippen LogP contribution is 2.24. The summed E-state index contributed by atoms with van der Waals surface area (Å²) in [7, 11) is 1.84. The van der Waals surface area contributed by atoms with Gasteiger partial charge in [0, 0.05) is 38.1 Å². The van der Waals surface area contributed by atoms with Crippen molar-refractivity contribution in [2.75, 3.05) is 18.0 Å². The van der Waals surface area contributed by atoms with Crippen LogP contribution in [-0.2, 0) is 18.3 Å². The van der Waals surface area contributed by atoms with E-state index in [0.717, 1.165) is 42.7 Å². The van der Waals surface area contributed by atoms with Crippen LogP contribution in [0.15, 0.2) is 30.6 Å². The first-order valence-electron chi connectivity index (χ1n) is 8.29. The number of hydrogen-bond donors (Lipinski definition) is 1. The standard InChI is InChI=1S/C18H23FN4O/c1-13-8-15(19)5-6-17(13)23-7-3-4-16(12-23)21-18(24)9-14-10-20-22(2)11-14/h5-6,8,10-11,16H,3-4,7,9,12H2,1-2H3,(H,21,24)/t16-/m1/s1. The van der Waals surface area contributed by atoms with E-state index in [0.29, 0.717) is 6.42 Å². The van der Waals surface area contributed by atoms with Gasteiger partial charge in [-0.15, -0.1) is 0 Å². The lowest BCUT2D eigenvalue weighted by Gasteiger charge is -2.35. The van der Waals surface area contributed by atoms with Crippen LogP contribution >= 0.6 is 0 Å². The number of aryl methyl sites for hydroxylation is 2. The molecule has 1 N–H and O–H groups in total. The van der Waals surface area contributed by atoms with Crippen molar-refractivity contribution in [2.45, 2.75) is 32.2 Å². The molecule has 6 heteroatoms. The third kappa shape index (κ3) is 3.93. The number of carbonyl (C=O) groups excluding carboxylic acids is 1. The van der Waals surface area contributed by atoms with Crippen molar-refractivity contribution in [3.8, 4) is 0 Å². The first-order valence-corrected chi connectivity index (χ1v) is 8.29. The maximum Gasteiger partial charge on any atom is 0.224 e. The largest absolute Gasteiger partial charge is 0.369 e. The minimum atomic E-state index is -0.213. The minimum absolute atomic E-state index is 0.0191. The first kappa shape index (κ1) is 16.5. The SMILES string of the molecule is Cc1cc(F)ccc1N1CCC[C@@H](NC(=O)Cc2cnn(C)c2)C1. The Morgan fingerprint density at radius 3 is 3.00 bits per heavy atom. The highest BCUT2D eigenvalue weighted by molar-refractivity contribution is 5.78. The van der Waals surface area contributed by atoms with Crippen LogP contribution in [0.1, 0.15) is 24.0 Å². The molecule has 0 spiro atoms. The molecule has 24 heavy (non-hydrogen) atoms. The van der Waals surface area contributed by atoms with E-state index in [4.69, 9.17) is 0 Å². The first-order chi connectivity index (χ1) is 11.5. The molecule has 1 amide bonds. The molecule has 1 aromatic heterocycles. The monoisotopic (exact) mass is 330 g/mol. The predicted octanol–water partition coefficient (Wildman–Crippen LogP) is 2.20. The molecule has 128 valence electrons. The van der Waals surface area contributed by atoms with Crippen molar-refractivity contribution >= 4 is 11.6 Å². The molecule has 1 aliphatic rings. The summed E-state index contributed by atoms with van der Waals surface area (Å²) in [6.45, 7) is 3.61. The predicted molar refractivity (Wildman–Crippen MR) is 91.4 cm³/mol. The summed E-state index contributed by atoms with van der Waals surface area (Å²) in [5, 5.41) is 7.20. The van der Waals surface area contributed by atoms with Gasteiger partial charge >= 0.3 is 0 Å². The van der Waals surface area contributed by atoms with Crippen molar-refractivity contribution in [3.63, 3.8) is 0 Å². The number of halogens is 1.